The van der Waals surface area contributed by atoms with Gasteiger partial charge in [0.1, 0.15) is 5.75 Å². The van der Waals surface area contributed by atoms with E-state index in [1.165, 1.54) is 0 Å². The van der Waals surface area contributed by atoms with Crippen molar-refractivity contribution in [3.63, 3.8) is 0 Å². The normalized spacial score (nSPS) is 12.6. The third-order valence-electron chi connectivity index (χ3n) is 3.02. The van der Waals surface area contributed by atoms with Crippen LogP contribution in [0.4, 0.5) is 0 Å². The Kier molecular flexibility index (Phi) is 5.40. The van der Waals surface area contributed by atoms with Crippen LogP contribution in [0.2, 0.25) is 0 Å². The van der Waals surface area contributed by atoms with Crippen LogP contribution >= 0.6 is 0 Å². The van der Waals surface area contributed by atoms with E-state index < -0.39 is 6.10 Å². The molecule has 0 N–H and O–H groups in total. The number of ether oxygens (including phenoxy) is 1. The van der Waals surface area contributed by atoms with E-state index in [0.29, 0.717) is 0 Å². The fraction of sp³-hybridized carbons (Fsp3) is 0.562. The minimum Gasteiger partial charge on any atom is -0.481 e. The lowest BCUT2D eigenvalue weighted by atomic mass is 10.2. The molecule has 19 heavy (non-hydrogen) atoms. The molecular weight excluding hydrogens is 238 g/mol. The average Bonchev–Trinajstić information content (AvgIpc) is 2.27. The lowest BCUT2D eigenvalue weighted by Crippen LogP contribution is -2.48. The Balaban J connectivity index is 2.76. The summed E-state index contributed by atoms with van der Waals surface area (Å²) in [5, 5.41) is 0. The summed E-state index contributed by atoms with van der Waals surface area (Å²) in [7, 11) is 0. The summed E-state index contributed by atoms with van der Waals surface area (Å²) < 4.78 is 5.75. The van der Waals surface area contributed by atoms with Crippen LogP contribution in [-0.4, -0.2) is 29.0 Å². The van der Waals surface area contributed by atoms with Gasteiger partial charge in [0.25, 0.3) is 5.91 Å². The first-order chi connectivity index (χ1) is 8.82. The summed E-state index contributed by atoms with van der Waals surface area (Å²) in [4.78, 5) is 14.3. The van der Waals surface area contributed by atoms with Crippen LogP contribution < -0.4 is 4.74 Å². The highest BCUT2D eigenvalue weighted by molar-refractivity contribution is 5.81. The molecule has 0 aliphatic rings. The summed E-state index contributed by atoms with van der Waals surface area (Å²) in [5.74, 6) is 0.778. The van der Waals surface area contributed by atoms with Crippen LogP contribution in [-0.2, 0) is 4.79 Å². The third-order valence-corrected chi connectivity index (χ3v) is 3.02. The minimum absolute atomic E-state index is 0.0338. The highest BCUT2D eigenvalue weighted by atomic mass is 16.5. The Hall–Kier alpha value is -1.51. The van der Waals surface area contributed by atoms with Gasteiger partial charge in [-0.2, -0.15) is 0 Å². The Labute approximate surface area is 116 Å². The zero-order valence-corrected chi connectivity index (χ0v) is 12.8. The Bertz CT molecular complexity index is 419. The molecule has 3 nitrogen and oxygen atoms in total. The summed E-state index contributed by atoms with van der Waals surface area (Å²) in [5.41, 5.74) is 1.13. The van der Waals surface area contributed by atoms with Gasteiger partial charge in [0.2, 0.25) is 0 Å². The number of benzene rings is 1. The molecule has 0 fully saturated rings. The second-order valence-electron chi connectivity index (χ2n) is 5.51. The van der Waals surface area contributed by atoms with Gasteiger partial charge in [-0.1, -0.05) is 12.1 Å². The Morgan fingerprint density at radius 3 is 2.16 bits per heavy atom. The van der Waals surface area contributed by atoms with Gasteiger partial charge >= 0.3 is 0 Å². The standard InChI is InChI=1S/C16H25NO2/c1-11(2)17(12(3)4)16(18)14(6)19-15-9-7-8-13(5)10-15/h7-12,14H,1-6H3/t14-/m0/s1. The number of carbonyl (C=O) groups is 1. The number of amides is 1. The maximum absolute atomic E-state index is 12.4. The van der Waals surface area contributed by atoms with Crippen molar-refractivity contribution in [3.8, 4) is 5.75 Å². The molecule has 1 atom stereocenters. The molecule has 0 radical (unpaired) electrons. The molecule has 106 valence electrons. The predicted octanol–water partition coefficient (Wildman–Crippen LogP) is 3.41. The first-order valence-corrected chi connectivity index (χ1v) is 6.88. The summed E-state index contributed by atoms with van der Waals surface area (Å²) >= 11 is 0. The number of carbonyl (C=O) groups excluding carboxylic acids is 1. The molecular formula is C16H25NO2. The molecule has 0 bridgehead atoms. The van der Waals surface area contributed by atoms with Crippen LogP contribution in [0.3, 0.4) is 0 Å². The molecule has 0 unspecified atom stereocenters. The van der Waals surface area contributed by atoms with E-state index in [9.17, 15) is 4.79 Å². The largest absolute Gasteiger partial charge is 0.481 e. The highest BCUT2D eigenvalue weighted by Gasteiger charge is 2.26. The molecule has 0 aliphatic heterocycles. The molecule has 1 rings (SSSR count). The first kappa shape index (κ1) is 15.5. The lowest BCUT2D eigenvalue weighted by molar-refractivity contribution is -0.141. The molecule has 0 saturated heterocycles. The molecule has 0 spiro atoms. The van der Waals surface area contributed by atoms with Crippen molar-refractivity contribution >= 4 is 5.91 Å². The quantitative estimate of drug-likeness (QED) is 0.814. The smallest absolute Gasteiger partial charge is 0.263 e. The molecule has 0 saturated carbocycles. The summed E-state index contributed by atoms with van der Waals surface area (Å²) in [6.45, 7) is 11.9. The second kappa shape index (κ2) is 6.60. The van der Waals surface area contributed by atoms with Gasteiger partial charge in [-0.15, -0.1) is 0 Å². The van der Waals surface area contributed by atoms with Crippen LogP contribution in [0.15, 0.2) is 24.3 Å². The van der Waals surface area contributed by atoms with Crippen molar-refractivity contribution in [1.29, 1.82) is 0 Å². The monoisotopic (exact) mass is 263 g/mol. The lowest BCUT2D eigenvalue weighted by Gasteiger charge is -2.33. The molecule has 0 heterocycles. The zero-order chi connectivity index (χ0) is 14.6. The number of hydrogen-bond donors (Lipinski definition) is 0. The van der Waals surface area contributed by atoms with Gasteiger partial charge in [0, 0.05) is 12.1 Å². The van der Waals surface area contributed by atoms with E-state index in [-0.39, 0.29) is 18.0 Å². The molecule has 1 aromatic rings. The van der Waals surface area contributed by atoms with E-state index in [0.717, 1.165) is 11.3 Å². The van der Waals surface area contributed by atoms with Crippen molar-refractivity contribution in [1.82, 2.24) is 4.90 Å². The van der Waals surface area contributed by atoms with Crippen LogP contribution in [0.5, 0.6) is 5.75 Å². The second-order valence-corrected chi connectivity index (χ2v) is 5.51. The van der Waals surface area contributed by atoms with E-state index in [1.807, 2.05) is 70.7 Å². The van der Waals surface area contributed by atoms with Gasteiger partial charge in [-0.25, -0.2) is 0 Å². The van der Waals surface area contributed by atoms with Gasteiger partial charge in [-0.3, -0.25) is 4.79 Å². The Morgan fingerprint density at radius 2 is 1.68 bits per heavy atom. The maximum atomic E-state index is 12.4. The van der Waals surface area contributed by atoms with Crippen molar-refractivity contribution in [2.75, 3.05) is 0 Å². The van der Waals surface area contributed by atoms with Gasteiger partial charge in [0.15, 0.2) is 6.10 Å². The van der Waals surface area contributed by atoms with Crippen molar-refractivity contribution in [3.05, 3.63) is 29.8 Å². The summed E-state index contributed by atoms with van der Waals surface area (Å²) in [6.07, 6.45) is -0.466. The van der Waals surface area contributed by atoms with E-state index in [1.54, 1.807) is 0 Å². The van der Waals surface area contributed by atoms with Gasteiger partial charge < -0.3 is 9.64 Å². The third kappa shape index (κ3) is 4.27. The highest BCUT2D eigenvalue weighted by Crippen LogP contribution is 2.16. The van der Waals surface area contributed by atoms with E-state index >= 15 is 0 Å². The molecule has 0 aliphatic carbocycles. The van der Waals surface area contributed by atoms with Crippen molar-refractivity contribution in [2.45, 2.75) is 59.7 Å². The fourth-order valence-corrected chi connectivity index (χ4v) is 2.26. The molecule has 0 aromatic heterocycles. The van der Waals surface area contributed by atoms with Crippen LogP contribution in [0.25, 0.3) is 0 Å². The topological polar surface area (TPSA) is 29.5 Å². The SMILES string of the molecule is Cc1cccc(O[C@@H](C)C(=O)N(C(C)C)C(C)C)c1. The number of aryl methyl sites for hydroxylation is 1. The summed E-state index contributed by atoms with van der Waals surface area (Å²) in [6, 6.07) is 8.12. The number of rotatable bonds is 5. The average molecular weight is 263 g/mol. The predicted molar refractivity (Wildman–Crippen MR) is 78.4 cm³/mol. The number of hydrogen-bond acceptors (Lipinski definition) is 2. The maximum Gasteiger partial charge on any atom is 0.263 e. The van der Waals surface area contributed by atoms with Gasteiger partial charge in [0.05, 0.1) is 0 Å². The van der Waals surface area contributed by atoms with E-state index in [4.69, 9.17) is 4.74 Å². The van der Waals surface area contributed by atoms with Gasteiger partial charge in [-0.05, 0) is 59.2 Å². The van der Waals surface area contributed by atoms with Crippen molar-refractivity contribution < 1.29 is 9.53 Å². The van der Waals surface area contributed by atoms with Crippen molar-refractivity contribution in [2.24, 2.45) is 0 Å². The molecule has 1 aromatic carbocycles. The van der Waals surface area contributed by atoms with E-state index in [2.05, 4.69) is 0 Å². The van der Waals surface area contributed by atoms with Crippen LogP contribution in [0.1, 0.15) is 40.2 Å². The zero-order valence-electron chi connectivity index (χ0n) is 12.8. The Morgan fingerprint density at radius 1 is 1.11 bits per heavy atom. The number of nitrogens with zero attached hydrogens (tertiary/aromatic N) is 1. The first-order valence-electron chi connectivity index (χ1n) is 6.88. The van der Waals surface area contributed by atoms with Crippen LogP contribution in [0, 0.1) is 6.92 Å². The molecule has 3 heteroatoms. The fourth-order valence-electron chi connectivity index (χ4n) is 2.26. The minimum atomic E-state index is -0.466. The molecule has 1 amide bonds.